The molecule has 0 atom stereocenters. The van der Waals surface area contributed by atoms with Crippen LogP contribution in [0, 0.1) is 10.1 Å². The Hall–Kier alpha value is -2.58. The van der Waals surface area contributed by atoms with Crippen molar-refractivity contribution in [3.63, 3.8) is 0 Å². The van der Waals surface area contributed by atoms with E-state index in [9.17, 15) is 10.1 Å². The Morgan fingerprint density at radius 2 is 1.92 bits per heavy atom. The third kappa shape index (κ3) is 5.20. The van der Waals surface area contributed by atoms with E-state index in [1.54, 1.807) is 0 Å². The maximum Gasteiger partial charge on any atom is 0.269 e. The molecule has 0 amide bonds. The lowest BCUT2D eigenvalue weighted by molar-refractivity contribution is -0.384. The van der Waals surface area contributed by atoms with Gasteiger partial charge in [-0.2, -0.15) is 0 Å². The number of non-ortho nitro benzene ring substituents is 1. The monoisotopic (exact) mass is 375 g/mol. The van der Waals surface area contributed by atoms with Gasteiger partial charge in [-0.1, -0.05) is 25.2 Å². The van der Waals surface area contributed by atoms with Gasteiger partial charge in [0.1, 0.15) is 5.75 Å². The van der Waals surface area contributed by atoms with Gasteiger partial charge in [0.2, 0.25) is 0 Å². The number of thiocarbonyl (C=S) groups is 2. The van der Waals surface area contributed by atoms with Crippen LogP contribution in [0.4, 0.5) is 17.1 Å². The molecule has 1 N–H and O–H groups in total. The third-order valence-corrected chi connectivity index (χ3v) is 4.16. The number of benzene rings is 2. The number of ether oxygens (including phenoxy) is 1. The molecule has 0 heterocycles. The highest BCUT2D eigenvalue weighted by atomic mass is 32.1. The van der Waals surface area contributed by atoms with Gasteiger partial charge in [-0.05, 0) is 49.0 Å². The first kappa shape index (κ1) is 18.8. The number of anilines is 2. The standard InChI is InChI=1S/C17H17N3O3S2/c1-3-16(24)19(2)14-6-4-5-12(11-14)18-17(25)23-15-9-7-13(8-10-15)20(21)22/h4-11H,3H2,1-2H3,(H,18,25). The first-order valence-corrected chi connectivity index (χ1v) is 8.32. The normalized spacial score (nSPS) is 10.0. The van der Waals surface area contributed by atoms with Gasteiger partial charge in [0.15, 0.2) is 0 Å². The number of nitrogens with one attached hydrogen (secondary N) is 1. The van der Waals surface area contributed by atoms with Crippen LogP contribution in [0.25, 0.3) is 0 Å². The highest BCUT2D eigenvalue weighted by Crippen LogP contribution is 2.21. The van der Waals surface area contributed by atoms with Crippen molar-refractivity contribution in [1.82, 2.24) is 0 Å². The van der Waals surface area contributed by atoms with E-state index in [-0.39, 0.29) is 10.9 Å². The summed E-state index contributed by atoms with van der Waals surface area (Å²) in [6.07, 6.45) is 0.783. The SMILES string of the molecule is CCC(=S)N(C)c1cccc(NC(=S)Oc2ccc([N+](=O)[O-])cc2)c1. The Morgan fingerprint density at radius 1 is 1.24 bits per heavy atom. The zero-order valence-corrected chi connectivity index (χ0v) is 15.4. The summed E-state index contributed by atoms with van der Waals surface area (Å²) < 4.78 is 5.48. The minimum Gasteiger partial charge on any atom is -0.432 e. The van der Waals surface area contributed by atoms with E-state index in [0.717, 1.165) is 22.8 Å². The van der Waals surface area contributed by atoms with Crippen LogP contribution in [0.2, 0.25) is 0 Å². The second-order valence-electron chi connectivity index (χ2n) is 5.12. The molecule has 2 rings (SSSR count). The van der Waals surface area contributed by atoms with Crippen LogP contribution >= 0.6 is 24.4 Å². The molecule has 0 unspecified atom stereocenters. The number of hydrogen-bond donors (Lipinski definition) is 1. The van der Waals surface area contributed by atoms with Gasteiger partial charge in [-0.3, -0.25) is 10.1 Å². The summed E-state index contributed by atoms with van der Waals surface area (Å²) in [5, 5.41) is 13.8. The molecule has 0 bridgehead atoms. The number of hydrogen-bond acceptors (Lipinski definition) is 5. The van der Waals surface area contributed by atoms with Crippen molar-refractivity contribution in [3.05, 3.63) is 58.6 Å². The summed E-state index contributed by atoms with van der Waals surface area (Å²) in [6.45, 7) is 2.01. The first-order valence-electron chi connectivity index (χ1n) is 7.50. The predicted octanol–water partition coefficient (Wildman–Crippen LogP) is 4.54. The molecule has 0 spiro atoms. The molecule has 2 aromatic rings. The molecule has 0 fully saturated rings. The Balaban J connectivity index is 2.03. The van der Waals surface area contributed by atoms with E-state index in [0.29, 0.717) is 5.75 Å². The zero-order valence-electron chi connectivity index (χ0n) is 13.8. The number of nitro benzene ring substituents is 1. The molecule has 6 nitrogen and oxygen atoms in total. The van der Waals surface area contributed by atoms with E-state index in [2.05, 4.69) is 5.32 Å². The second kappa shape index (κ2) is 8.50. The van der Waals surface area contributed by atoms with Crippen LogP contribution in [-0.4, -0.2) is 22.1 Å². The van der Waals surface area contributed by atoms with Crippen molar-refractivity contribution in [2.45, 2.75) is 13.3 Å². The number of nitro groups is 1. The topological polar surface area (TPSA) is 67.6 Å². The molecule has 0 aliphatic heterocycles. The quantitative estimate of drug-likeness (QED) is 0.467. The van der Waals surface area contributed by atoms with E-state index < -0.39 is 4.92 Å². The summed E-state index contributed by atoms with van der Waals surface area (Å²) >= 11 is 10.5. The van der Waals surface area contributed by atoms with E-state index in [1.807, 2.05) is 43.1 Å². The van der Waals surface area contributed by atoms with E-state index in [4.69, 9.17) is 29.2 Å². The fourth-order valence-corrected chi connectivity index (χ4v) is 2.38. The van der Waals surface area contributed by atoms with Gasteiger partial charge < -0.3 is 15.0 Å². The molecule has 0 radical (unpaired) electrons. The van der Waals surface area contributed by atoms with Gasteiger partial charge in [0, 0.05) is 30.6 Å². The zero-order chi connectivity index (χ0) is 18.4. The molecular formula is C17H17N3O3S2. The molecule has 0 saturated heterocycles. The minimum absolute atomic E-state index is 0.00569. The van der Waals surface area contributed by atoms with Crippen molar-refractivity contribution in [2.24, 2.45) is 0 Å². The van der Waals surface area contributed by atoms with E-state index >= 15 is 0 Å². The summed E-state index contributed by atoms with van der Waals surface area (Å²) in [5.74, 6) is 0.420. The highest BCUT2D eigenvalue weighted by Gasteiger charge is 2.08. The Labute approximate surface area is 156 Å². The van der Waals surface area contributed by atoms with Crippen molar-refractivity contribution < 1.29 is 9.66 Å². The van der Waals surface area contributed by atoms with Crippen LogP contribution < -0.4 is 15.0 Å². The lowest BCUT2D eigenvalue weighted by Gasteiger charge is -2.20. The fraction of sp³-hybridized carbons (Fsp3) is 0.176. The van der Waals surface area contributed by atoms with Crippen molar-refractivity contribution in [2.75, 3.05) is 17.3 Å². The average Bonchev–Trinajstić information content (AvgIpc) is 2.61. The molecule has 8 heteroatoms. The molecule has 0 aromatic heterocycles. The Kier molecular flexibility index (Phi) is 6.37. The summed E-state index contributed by atoms with van der Waals surface area (Å²) in [6, 6.07) is 13.3. The van der Waals surface area contributed by atoms with Crippen LogP contribution in [-0.2, 0) is 0 Å². The molecule has 2 aromatic carbocycles. The fourth-order valence-electron chi connectivity index (χ4n) is 2.06. The summed E-state index contributed by atoms with van der Waals surface area (Å²) in [5.41, 5.74) is 1.69. The number of nitrogens with zero attached hydrogens (tertiary/aromatic N) is 2. The minimum atomic E-state index is -0.469. The number of rotatable bonds is 5. The Morgan fingerprint density at radius 3 is 2.52 bits per heavy atom. The maximum atomic E-state index is 10.6. The predicted molar refractivity (Wildman–Crippen MR) is 108 cm³/mol. The maximum absolute atomic E-state index is 10.6. The van der Waals surface area contributed by atoms with Crippen LogP contribution in [0.15, 0.2) is 48.5 Å². The van der Waals surface area contributed by atoms with Crippen LogP contribution in [0.5, 0.6) is 5.75 Å². The van der Waals surface area contributed by atoms with Crippen molar-refractivity contribution >= 4 is 51.7 Å². The molecule has 0 saturated carbocycles. The third-order valence-electron chi connectivity index (χ3n) is 3.41. The molecule has 0 aliphatic carbocycles. The second-order valence-corrected chi connectivity index (χ2v) is 5.96. The van der Waals surface area contributed by atoms with Crippen molar-refractivity contribution in [3.8, 4) is 5.75 Å². The van der Waals surface area contributed by atoms with Crippen molar-refractivity contribution in [1.29, 1.82) is 0 Å². The Bertz CT molecular complexity index is 794. The first-order chi connectivity index (χ1) is 11.9. The highest BCUT2D eigenvalue weighted by molar-refractivity contribution is 7.80. The van der Waals surface area contributed by atoms with Gasteiger partial charge in [0.25, 0.3) is 10.9 Å². The lowest BCUT2D eigenvalue weighted by atomic mass is 10.2. The van der Waals surface area contributed by atoms with Crippen LogP contribution in [0.1, 0.15) is 13.3 Å². The van der Waals surface area contributed by atoms with E-state index in [1.165, 1.54) is 24.3 Å². The van der Waals surface area contributed by atoms with Gasteiger partial charge in [-0.25, -0.2) is 0 Å². The lowest BCUT2D eigenvalue weighted by Crippen LogP contribution is -2.23. The molecule has 130 valence electrons. The largest absolute Gasteiger partial charge is 0.432 e. The smallest absolute Gasteiger partial charge is 0.269 e. The molecule has 25 heavy (non-hydrogen) atoms. The van der Waals surface area contributed by atoms with Gasteiger partial charge in [-0.15, -0.1) is 0 Å². The van der Waals surface area contributed by atoms with Gasteiger partial charge >= 0.3 is 0 Å². The average molecular weight is 375 g/mol. The summed E-state index contributed by atoms with van der Waals surface area (Å²) in [7, 11) is 1.91. The summed E-state index contributed by atoms with van der Waals surface area (Å²) in [4.78, 5) is 12.9. The molecular weight excluding hydrogens is 358 g/mol. The molecule has 0 aliphatic rings. The van der Waals surface area contributed by atoms with Gasteiger partial charge in [0.05, 0.1) is 9.91 Å². The van der Waals surface area contributed by atoms with Crippen LogP contribution in [0.3, 0.4) is 0 Å².